The van der Waals surface area contributed by atoms with Crippen LogP contribution in [-0.2, 0) is 10.8 Å². The van der Waals surface area contributed by atoms with E-state index in [0.717, 1.165) is 16.8 Å². The molecule has 0 atom stereocenters. The summed E-state index contributed by atoms with van der Waals surface area (Å²) in [6, 6.07) is 61.2. The topological polar surface area (TPSA) is 8.17 Å². The van der Waals surface area contributed by atoms with E-state index in [1.54, 1.807) is 0 Å². The van der Waals surface area contributed by atoms with Gasteiger partial charge >= 0.3 is 0 Å². The third kappa shape index (κ3) is 7.55. The monoisotopic (exact) mass is 1080 g/mol. The second-order valence-corrected chi connectivity index (χ2v) is 26.0. The van der Waals surface area contributed by atoms with Crippen molar-refractivity contribution in [1.29, 1.82) is 0 Å². The molecule has 0 N–H and O–H groups in total. The number of fused-ring (bicyclic) bond motifs is 13. The molecule has 0 bridgehead atoms. The Morgan fingerprint density at radius 3 is 1.49 bits per heavy atom. The number of anilines is 1. The minimum atomic E-state index is 0.0134. The van der Waals surface area contributed by atoms with Gasteiger partial charge in [0.2, 0.25) is 0 Å². The Labute approximate surface area is 492 Å². The molecule has 1 aliphatic rings. The first-order chi connectivity index (χ1) is 40.5. The molecule has 13 aromatic carbocycles. The van der Waals surface area contributed by atoms with Gasteiger partial charge in [-0.2, -0.15) is 0 Å². The number of hydrogen-bond acceptors (Lipinski definition) is 1. The summed E-state index contributed by atoms with van der Waals surface area (Å²) < 4.78 is 2.62. The molecule has 2 nitrogen and oxygen atoms in total. The van der Waals surface area contributed by atoms with Gasteiger partial charge < -0.3 is 9.47 Å². The van der Waals surface area contributed by atoms with E-state index >= 15 is 0 Å². The molecule has 84 heavy (non-hydrogen) atoms. The normalized spacial score (nSPS) is 15.4. The molecule has 0 saturated heterocycles. The fraction of sp³-hybridized carbons (Fsp3) is 0.146. The summed E-state index contributed by atoms with van der Waals surface area (Å²) in [6.45, 7) is 31.8. The van der Waals surface area contributed by atoms with Crippen LogP contribution in [0.25, 0.3) is 136 Å². The van der Waals surface area contributed by atoms with Gasteiger partial charge in [0.25, 0.3) is 0 Å². The minimum absolute atomic E-state index is 0.0134. The zero-order valence-corrected chi connectivity index (χ0v) is 49.9. The van der Waals surface area contributed by atoms with Crippen molar-refractivity contribution < 1.29 is 0 Å². The largest absolute Gasteiger partial charge is 0.323 e. The van der Waals surface area contributed by atoms with E-state index in [-0.39, 0.29) is 10.8 Å². The van der Waals surface area contributed by atoms with Crippen molar-refractivity contribution in [3.8, 4) is 27.9 Å². The second kappa shape index (κ2) is 18.5. The Kier molecular flexibility index (Phi) is 11.3. The highest BCUT2D eigenvalue weighted by Crippen LogP contribution is 2.57. The molecule has 0 spiro atoms. The summed E-state index contributed by atoms with van der Waals surface area (Å²) >= 11 is 0. The van der Waals surface area contributed by atoms with E-state index in [9.17, 15) is 0 Å². The number of para-hydroxylation sites is 2. The molecule has 15 rings (SSSR count). The number of rotatable bonds is 4. The Balaban J connectivity index is 1.18. The molecule has 406 valence electrons. The first kappa shape index (κ1) is 51.4. The van der Waals surface area contributed by atoms with Crippen molar-refractivity contribution >= 4 is 114 Å². The van der Waals surface area contributed by atoms with Gasteiger partial charge in [-0.25, -0.2) is 0 Å². The van der Waals surface area contributed by atoms with Crippen LogP contribution in [0.5, 0.6) is 0 Å². The van der Waals surface area contributed by atoms with Gasteiger partial charge in [0, 0.05) is 44.7 Å². The van der Waals surface area contributed by atoms with E-state index in [1.165, 1.54) is 169 Å². The fourth-order valence-corrected chi connectivity index (χ4v) is 14.8. The second-order valence-electron chi connectivity index (χ2n) is 26.0. The lowest BCUT2D eigenvalue weighted by Crippen LogP contribution is -2.12. The van der Waals surface area contributed by atoms with Crippen LogP contribution in [0.4, 0.5) is 5.69 Å². The van der Waals surface area contributed by atoms with Crippen molar-refractivity contribution in [2.75, 3.05) is 4.90 Å². The van der Waals surface area contributed by atoms with Gasteiger partial charge in [-0.1, -0.05) is 206 Å². The molecule has 0 radical (unpaired) electrons. The summed E-state index contributed by atoms with van der Waals surface area (Å²) in [5.41, 5.74) is 19.6. The number of aryl methyl sites for hydroxylation is 4. The lowest BCUT2D eigenvalue weighted by molar-refractivity contribution is 0.589. The number of allylic oxidation sites excluding steroid dienone is 8. The first-order valence-electron chi connectivity index (χ1n) is 29.8. The van der Waals surface area contributed by atoms with Crippen molar-refractivity contribution in [3.05, 3.63) is 264 Å². The summed E-state index contributed by atoms with van der Waals surface area (Å²) in [4.78, 5) is 2.40. The van der Waals surface area contributed by atoms with Crippen LogP contribution >= 0.6 is 0 Å². The third-order valence-corrected chi connectivity index (χ3v) is 18.7. The third-order valence-electron chi connectivity index (χ3n) is 18.7. The molecule has 0 amide bonds. The van der Waals surface area contributed by atoms with Gasteiger partial charge in [-0.3, -0.25) is 0 Å². The lowest BCUT2D eigenvalue weighted by Gasteiger charge is -2.25. The fourth-order valence-electron chi connectivity index (χ4n) is 14.8. The average molecular weight is 1080 g/mol. The highest BCUT2D eigenvalue weighted by molar-refractivity contribution is 6.46. The van der Waals surface area contributed by atoms with Gasteiger partial charge in [0.15, 0.2) is 0 Å². The van der Waals surface area contributed by atoms with Gasteiger partial charge in [-0.05, 0) is 212 Å². The Bertz CT molecular complexity index is 5200. The van der Waals surface area contributed by atoms with E-state index in [4.69, 9.17) is 0 Å². The number of nitrogens with zero attached hydrogens (tertiary/aromatic N) is 2. The quantitative estimate of drug-likeness (QED) is 0.160. The van der Waals surface area contributed by atoms with E-state index in [1.807, 2.05) is 0 Å². The van der Waals surface area contributed by atoms with Crippen LogP contribution in [0.2, 0.25) is 0 Å². The van der Waals surface area contributed by atoms with Crippen molar-refractivity contribution in [2.24, 2.45) is 0 Å². The molecule has 2 heterocycles. The summed E-state index contributed by atoms with van der Waals surface area (Å²) in [6.07, 6.45) is 17.1. The predicted molar refractivity (Wildman–Crippen MR) is 368 cm³/mol. The average Bonchev–Trinajstić information content (AvgIpc) is 1.53. The molecule has 0 fully saturated rings. The van der Waals surface area contributed by atoms with E-state index < -0.39 is 0 Å². The smallest absolute Gasteiger partial charge is 0.0627 e. The molecule has 0 saturated carbocycles. The number of aromatic nitrogens is 1. The maximum absolute atomic E-state index is 4.37. The first-order valence-corrected chi connectivity index (χ1v) is 29.8. The molecule has 2 heteroatoms. The minimum Gasteiger partial charge on any atom is -0.323 e. The lowest BCUT2D eigenvalue weighted by atomic mass is 9.81. The summed E-state index contributed by atoms with van der Waals surface area (Å²) in [5, 5.41) is 22.4. The number of benzene rings is 11. The Hall–Kier alpha value is -9.50. The number of hydrogen-bond donors (Lipinski definition) is 0. The Morgan fingerprint density at radius 2 is 0.869 bits per heavy atom. The van der Waals surface area contributed by atoms with Crippen LogP contribution in [0.1, 0.15) is 74.9 Å². The van der Waals surface area contributed by atoms with Crippen molar-refractivity contribution in [1.82, 2.24) is 4.57 Å². The molecule has 0 aliphatic carbocycles. The molecular weight excluding hydrogens is 1010 g/mol. The van der Waals surface area contributed by atoms with Gasteiger partial charge in [0.05, 0.1) is 22.4 Å². The molecule has 14 aromatic rings. The van der Waals surface area contributed by atoms with Crippen LogP contribution in [0.15, 0.2) is 231 Å². The van der Waals surface area contributed by atoms with E-state index in [2.05, 4.69) is 298 Å². The molecule has 1 aliphatic heterocycles. The van der Waals surface area contributed by atoms with Gasteiger partial charge in [-0.15, -0.1) is 0 Å². The predicted octanol–water partition coefficient (Wildman–Crippen LogP) is 23.1. The maximum atomic E-state index is 4.37. The van der Waals surface area contributed by atoms with Crippen molar-refractivity contribution in [2.45, 2.75) is 80.1 Å². The summed E-state index contributed by atoms with van der Waals surface area (Å²) in [7, 11) is 0. The van der Waals surface area contributed by atoms with Crippen molar-refractivity contribution in [3.63, 3.8) is 0 Å². The van der Waals surface area contributed by atoms with Crippen LogP contribution in [0, 0.1) is 27.7 Å². The van der Waals surface area contributed by atoms with Crippen LogP contribution in [0.3, 0.4) is 0 Å². The molecule has 0 unspecified atom stereocenters. The molecular formula is C82H68N2. The van der Waals surface area contributed by atoms with E-state index in [0.29, 0.717) is 0 Å². The van der Waals surface area contributed by atoms with Gasteiger partial charge in [0.1, 0.15) is 0 Å². The van der Waals surface area contributed by atoms with Crippen LogP contribution < -0.4 is 4.90 Å². The van der Waals surface area contributed by atoms with Crippen LogP contribution in [-0.4, -0.2) is 4.57 Å². The standard InChI is InChI=1S/C82H68N2/c1-47-24-19-21-38-83(39-22-20-25-48(47)2)80-76-62-31-23-30-61-65-45-54(71-49(3)40-55(41-50(71)4)81(7,8)9)34-35-58(65)66(73(61)62)46-68(76)79(84-69-32-17-15-28-59(69)60-29-16-18-33-70(60)84)77-64-37-36-63(72-51(5)42-56(43-52(72)6)82(10,11)12)74-57-27-14-13-26-53(57)44-67(75(64)74)78(77)80/h13-46H,1-2H2,3-12H3/b24-19-,25-20-,38-21-,39-22-. The summed E-state index contributed by atoms with van der Waals surface area (Å²) in [5.74, 6) is 0. The molecule has 1 aromatic heterocycles. The highest BCUT2D eigenvalue weighted by Gasteiger charge is 2.31. The maximum Gasteiger partial charge on any atom is 0.0627 e. The zero-order chi connectivity index (χ0) is 57.8. The SMILES string of the molecule is C=C1/C=C\C=C/N(c2c3c(cc4c5ccc(-c6c(C)cc(C(C)(C)C)cc6C)cc5c5cccc3c54)c(-n3c4ccccc4c4ccccc43)c3c4ccc(-c5c(C)cc(C(C)(C)C)cc5C)c5c6ccccc6cc(c23)c45)/C=C\C=C/C1=C. The highest BCUT2D eigenvalue weighted by atomic mass is 15.1. The zero-order valence-electron chi connectivity index (χ0n) is 49.9. The Morgan fingerprint density at radius 1 is 0.345 bits per heavy atom.